The monoisotopic (exact) mass is 150 g/mol. The second kappa shape index (κ2) is 6.95. The van der Waals surface area contributed by atoms with Crippen molar-refractivity contribution in [2.24, 2.45) is 0 Å². The summed E-state index contributed by atoms with van der Waals surface area (Å²) in [4.78, 5) is 0. The fourth-order valence-electron chi connectivity index (χ4n) is 0.500. The highest BCUT2D eigenvalue weighted by molar-refractivity contribution is 4.50. The Kier molecular flexibility index (Phi) is 6.84. The molecule has 0 aromatic rings. The van der Waals surface area contributed by atoms with Gasteiger partial charge in [-0.2, -0.15) is 0 Å². The molecule has 0 saturated heterocycles. The maximum absolute atomic E-state index is 8.94. The molecule has 0 saturated carbocycles. The van der Waals surface area contributed by atoms with Crippen molar-refractivity contribution >= 4 is 0 Å². The number of aliphatic hydroxyl groups is 2. The first kappa shape index (κ1) is 9.84. The van der Waals surface area contributed by atoms with Gasteiger partial charge in [-0.05, 0) is 6.42 Å². The van der Waals surface area contributed by atoms with Crippen LogP contribution in [0.3, 0.4) is 0 Å². The quantitative estimate of drug-likeness (QED) is 0.390. The number of rotatable bonds is 6. The molecule has 4 heteroatoms. The molecule has 0 amide bonds. The van der Waals surface area contributed by atoms with Gasteiger partial charge >= 0.3 is 0 Å². The SMILES string of the molecule is COCOCC(O)CCO. The lowest BCUT2D eigenvalue weighted by Gasteiger charge is -2.07. The average Bonchev–Trinajstić information content (AvgIpc) is 1.89. The van der Waals surface area contributed by atoms with Crippen molar-refractivity contribution in [1.29, 1.82) is 0 Å². The first-order valence-corrected chi connectivity index (χ1v) is 3.17. The van der Waals surface area contributed by atoms with Gasteiger partial charge in [0, 0.05) is 13.7 Å². The van der Waals surface area contributed by atoms with E-state index in [1.54, 1.807) is 0 Å². The van der Waals surface area contributed by atoms with Crippen molar-refractivity contribution in [3.8, 4) is 0 Å². The molecule has 0 aliphatic carbocycles. The number of methoxy groups -OCH3 is 1. The third-order valence-corrected chi connectivity index (χ3v) is 0.974. The van der Waals surface area contributed by atoms with Crippen LogP contribution in [0.4, 0.5) is 0 Å². The minimum atomic E-state index is -0.583. The summed E-state index contributed by atoms with van der Waals surface area (Å²) < 4.78 is 9.39. The predicted molar refractivity (Wildman–Crippen MR) is 35.5 cm³/mol. The molecule has 2 N–H and O–H groups in total. The van der Waals surface area contributed by atoms with Gasteiger partial charge in [-0.15, -0.1) is 0 Å². The van der Waals surface area contributed by atoms with Gasteiger partial charge in [0.1, 0.15) is 6.79 Å². The van der Waals surface area contributed by atoms with Gasteiger partial charge in [0.25, 0.3) is 0 Å². The highest BCUT2D eigenvalue weighted by Gasteiger charge is 2.01. The highest BCUT2D eigenvalue weighted by Crippen LogP contribution is 1.90. The number of ether oxygens (including phenoxy) is 2. The van der Waals surface area contributed by atoms with E-state index >= 15 is 0 Å². The van der Waals surface area contributed by atoms with Crippen LogP contribution in [-0.2, 0) is 9.47 Å². The van der Waals surface area contributed by atoms with E-state index in [0.717, 1.165) is 0 Å². The summed E-state index contributed by atoms with van der Waals surface area (Å²) in [6.07, 6.45) is -0.232. The summed E-state index contributed by atoms with van der Waals surface area (Å²) >= 11 is 0. The van der Waals surface area contributed by atoms with Gasteiger partial charge in [0.15, 0.2) is 0 Å². The maximum atomic E-state index is 8.94. The molecule has 0 aromatic heterocycles. The maximum Gasteiger partial charge on any atom is 0.146 e. The van der Waals surface area contributed by atoms with Crippen molar-refractivity contribution in [3.63, 3.8) is 0 Å². The second-order valence-corrected chi connectivity index (χ2v) is 1.94. The molecule has 0 aliphatic rings. The van der Waals surface area contributed by atoms with E-state index in [2.05, 4.69) is 4.74 Å². The lowest BCUT2D eigenvalue weighted by molar-refractivity contribution is -0.0647. The van der Waals surface area contributed by atoms with E-state index in [1.807, 2.05) is 0 Å². The number of aliphatic hydroxyl groups excluding tert-OH is 2. The minimum absolute atomic E-state index is 0.0164. The minimum Gasteiger partial charge on any atom is -0.396 e. The smallest absolute Gasteiger partial charge is 0.146 e. The highest BCUT2D eigenvalue weighted by atomic mass is 16.7. The van der Waals surface area contributed by atoms with Crippen LogP contribution in [0.5, 0.6) is 0 Å². The molecule has 0 rings (SSSR count). The Morgan fingerprint density at radius 2 is 2.20 bits per heavy atom. The van der Waals surface area contributed by atoms with E-state index in [4.69, 9.17) is 14.9 Å². The average molecular weight is 150 g/mol. The number of hydrogen-bond acceptors (Lipinski definition) is 4. The molecule has 4 nitrogen and oxygen atoms in total. The zero-order valence-corrected chi connectivity index (χ0v) is 6.12. The van der Waals surface area contributed by atoms with Crippen molar-refractivity contribution in [3.05, 3.63) is 0 Å². The molecule has 0 spiro atoms. The van der Waals surface area contributed by atoms with E-state index in [0.29, 0.717) is 6.42 Å². The van der Waals surface area contributed by atoms with Crippen LogP contribution in [0, 0.1) is 0 Å². The molecule has 1 atom stereocenters. The predicted octanol–water partition coefficient (Wildman–Crippen LogP) is -0.650. The lowest BCUT2D eigenvalue weighted by atomic mass is 10.3. The summed E-state index contributed by atoms with van der Waals surface area (Å²) in [6, 6.07) is 0. The van der Waals surface area contributed by atoms with Crippen molar-refractivity contribution in [1.82, 2.24) is 0 Å². The summed E-state index contributed by atoms with van der Waals surface area (Å²) in [5, 5.41) is 17.3. The van der Waals surface area contributed by atoms with Crippen molar-refractivity contribution < 1.29 is 19.7 Å². The molecule has 1 unspecified atom stereocenters. The Hall–Kier alpha value is -0.160. The molecular formula is C6H14O4. The molecule has 0 aliphatic heterocycles. The van der Waals surface area contributed by atoms with Gasteiger partial charge < -0.3 is 19.7 Å². The van der Waals surface area contributed by atoms with E-state index in [-0.39, 0.29) is 20.0 Å². The van der Waals surface area contributed by atoms with Crippen molar-refractivity contribution in [2.75, 3.05) is 27.1 Å². The topological polar surface area (TPSA) is 58.9 Å². The van der Waals surface area contributed by atoms with E-state index in [9.17, 15) is 0 Å². The van der Waals surface area contributed by atoms with E-state index < -0.39 is 6.10 Å². The lowest BCUT2D eigenvalue weighted by Crippen LogP contribution is -2.17. The summed E-state index contributed by atoms with van der Waals surface area (Å²) in [6.45, 7) is 0.383. The second-order valence-electron chi connectivity index (χ2n) is 1.94. The first-order chi connectivity index (χ1) is 4.81. The third kappa shape index (κ3) is 5.97. The van der Waals surface area contributed by atoms with Gasteiger partial charge in [-0.3, -0.25) is 0 Å². The summed E-state index contributed by atoms with van der Waals surface area (Å²) in [5.41, 5.74) is 0. The van der Waals surface area contributed by atoms with Crippen LogP contribution >= 0.6 is 0 Å². The summed E-state index contributed by atoms with van der Waals surface area (Å²) in [5.74, 6) is 0. The van der Waals surface area contributed by atoms with Crippen LogP contribution in [0.15, 0.2) is 0 Å². The van der Waals surface area contributed by atoms with E-state index in [1.165, 1.54) is 7.11 Å². The molecule has 62 valence electrons. The van der Waals surface area contributed by atoms with Gasteiger partial charge in [0.2, 0.25) is 0 Å². The van der Waals surface area contributed by atoms with Crippen LogP contribution in [0.1, 0.15) is 6.42 Å². The largest absolute Gasteiger partial charge is 0.396 e. The molecular weight excluding hydrogens is 136 g/mol. The zero-order valence-electron chi connectivity index (χ0n) is 6.12. The molecule has 0 radical (unpaired) electrons. The molecule has 10 heavy (non-hydrogen) atoms. The van der Waals surface area contributed by atoms with Crippen molar-refractivity contribution in [2.45, 2.75) is 12.5 Å². The van der Waals surface area contributed by atoms with Crippen LogP contribution in [0.25, 0.3) is 0 Å². The molecule has 0 heterocycles. The number of hydrogen-bond donors (Lipinski definition) is 2. The van der Waals surface area contributed by atoms with Gasteiger partial charge in [-0.1, -0.05) is 0 Å². The molecule has 0 aromatic carbocycles. The fourth-order valence-corrected chi connectivity index (χ4v) is 0.500. The normalized spacial score (nSPS) is 13.5. The van der Waals surface area contributed by atoms with Crippen LogP contribution in [0.2, 0.25) is 0 Å². The van der Waals surface area contributed by atoms with Gasteiger partial charge in [-0.25, -0.2) is 0 Å². The van der Waals surface area contributed by atoms with Crippen LogP contribution in [-0.4, -0.2) is 43.4 Å². The van der Waals surface area contributed by atoms with Crippen LogP contribution < -0.4 is 0 Å². The van der Waals surface area contributed by atoms with Gasteiger partial charge in [0.05, 0.1) is 12.7 Å². The third-order valence-electron chi connectivity index (χ3n) is 0.974. The molecule has 0 bridgehead atoms. The standard InChI is InChI=1S/C6H14O4/c1-9-5-10-4-6(8)2-3-7/h6-8H,2-5H2,1H3. The molecule has 0 fully saturated rings. The summed E-state index contributed by atoms with van der Waals surface area (Å²) in [7, 11) is 1.51. The Morgan fingerprint density at radius 1 is 1.50 bits per heavy atom. The Labute approximate surface area is 60.4 Å². The Balaban J connectivity index is 2.97. The fraction of sp³-hybridized carbons (Fsp3) is 1.00. The Bertz CT molecular complexity index is 66.8. The first-order valence-electron chi connectivity index (χ1n) is 3.17. The Morgan fingerprint density at radius 3 is 2.70 bits per heavy atom. The zero-order chi connectivity index (χ0) is 7.82.